The van der Waals surface area contributed by atoms with Crippen molar-refractivity contribution in [3.05, 3.63) is 35.4 Å². The van der Waals surface area contributed by atoms with Gasteiger partial charge in [0.2, 0.25) is 11.8 Å². The predicted octanol–water partition coefficient (Wildman–Crippen LogP) is 0.689. The van der Waals surface area contributed by atoms with E-state index in [2.05, 4.69) is 5.32 Å². The van der Waals surface area contributed by atoms with E-state index in [-0.39, 0.29) is 29.8 Å². The minimum absolute atomic E-state index is 0.0257. The Balaban J connectivity index is 1.82. The maximum Gasteiger partial charge on any atom is 0.254 e. The number of carbonyl (C=O) groups excluding carboxylic acids is 3. The minimum atomic E-state index is -0.298. The molecule has 1 saturated heterocycles. The van der Waals surface area contributed by atoms with Crippen LogP contribution in [0.25, 0.3) is 0 Å². The molecule has 29 heavy (non-hydrogen) atoms. The van der Waals surface area contributed by atoms with Crippen molar-refractivity contribution in [1.29, 1.82) is 5.26 Å². The summed E-state index contributed by atoms with van der Waals surface area (Å²) in [6.45, 7) is 8.38. The van der Waals surface area contributed by atoms with Gasteiger partial charge in [-0.25, -0.2) is 0 Å². The fourth-order valence-corrected chi connectivity index (χ4v) is 3.13. The van der Waals surface area contributed by atoms with Gasteiger partial charge in [0.1, 0.15) is 0 Å². The molecule has 156 valence electrons. The molecule has 0 spiro atoms. The highest BCUT2D eigenvalue weighted by Crippen LogP contribution is 2.09. The van der Waals surface area contributed by atoms with Gasteiger partial charge < -0.3 is 15.1 Å². The highest BCUT2D eigenvalue weighted by atomic mass is 16.2. The van der Waals surface area contributed by atoms with Gasteiger partial charge in [-0.15, -0.1) is 0 Å². The predicted molar refractivity (Wildman–Crippen MR) is 109 cm³/mol. The van der Waals surface area contributed by atoms with Crippen LogP contribution in [0, 0.1) is 11.3 Å². The van der Waals surface area contributed by atoms with Crippen molar-refractivity contribution in [2.24, 2.45) is 0 Å². The first-order valence-corrected chi connectivity index (χ1v) is 9.66. The molecule has 1 heterocycles. The van der Waals surface area contributed by atoms with E-state index in [1.807, 2.05) is 31.7 Å². The van der Waals surface area contributed by atoms with Crippen LogP contribution in [0.2, 0.25) is 0 Å². The van der Waals surface area contributed by atoms with Crippen molar-refractivity contribution in [1.82, 2.24) is 20.0 Å². The standard InChI is InChI=1S/C21H29N5O3/c1-21(2,3)23-18(27)14-25-8-10-26(11-9-25)19(28)15-24(4)20(29)17-7-5-6-16(12-17)13-22/h5-7,12H,8-11,14-15H2,1-4H3,(H,23,27). The Kier molecular flexibility index (Phi) is 7.35. The molecule has 0 aliphatic carbocycles. The van der Waals surface area contributed by atoms with Gasteiger partial charge in [0.25, 0.3) is 5.91 Å². The lowest BCUT2D eigenvalue weighted by molar-refractivity contribution is -0.133. The Bertz CT molecular complexity index is 801. The molecule has 1 N–H and O–H groups in total. The zero-order valence-electron chi connectivity index (χ0n) is 17.6. The summed E-state index contributed by atoms with van der Waals surface area (Å²) in [5.74, 6) is -0.453. The highest BCUT2D eigenvalue weighted by Gasteiger charge is 2.25. The third kappa shape index (κ3) is 6.88. The van der Waals surface area contributed by atoms with Crippen molar-refractivity contribution >= 4 is 17.7 Å². The number of piperazine rings is 1. The molecule has 8 nitrogen and oxygen atoms in total. The molecule has 0 atom stereocenters. The van der Waals surface area contributed by atoms with Crippen molar-refractivity contribution in [2.75, 3.05) is 46.3 Å². The van der Waals surface area contributed by atoms with E-state index >= 15 is 0 Å². The van der Waals surface area contributed by atoms with Crippen molar-refractivity contribution in [3.8, 4) is 6.07 Å². The lowest BCUT2D eigenvalue weighted by Crippen LogP contribution is -2.54. The molecule has 0 unspecified atom stereocenters. The summed E-state index contributed by atoms with van der Waals surface area (Å²) in [5, 5.41) is 11.9. The molecular formula is C21H29N5O3. The number of nitrogens with zero attached hydrogens (tertiary/aromatic N) is 4. The molecule has 0 radical (unpaired) electrons. The third-order valence-corrected chi connectivity index (χ3v) is 4.56. The van der Waals surface area contributed by atoms with Gasteiger partial charge in [-0.05, 0) is 39.0 Å². The topological polar surface area (TPSA) is 96.8 Å². The number of carbonyl (C=O) groups is 3. The number of rotatable bonds is 5. The second kappa shape index (κ2) is 9.52. The SMILES string of the molecule is CN(CC(=O)N1CCN(CC(=O)NC(C)(C)C)CC1)C(=O)c1cccc(C#N)c1. The summed E-state index contributed by atoms with van der Waals surface area (Å²) >= 11 is 0. The average Bonchev–Trinajstić information content (AvgIpc) is 2.66. The summed E-state index contributed by atoms with van der Waals surface area (Å²) < 4.78 is 0. The zero-order chi connectivity index (χ0) is 21.6. The van der Waals surface area contributed by atoms with Crippen LogP contribution in [-0.4, -0.2) is 84.3 Å². The molecule has 1 fully saturated rings. The van der Waals surface area contributed by atoms with Gasteiger partial charge in [0.15, 0.2) is 0 Å². The van der Waals surface area contributed by atoms with Crippen LogP contribution in [0.4, 0.5) is 0 Å². The second-order valence-corrected chi connectivity index (χ2v) is 8.31. The Morgan fingerprint density at radius 2 is 1.83 bits per heavy atom. The van der Waals surface area contributed by atoms with Crippen molar-refractivity contribution < 1.29 is 14.4 Å². The Hall–Kier alpha value is -2.92. The Labute approximate surface area is 172 Å². The molecule has 1 aromatic rings. The monoisotopic (exact) mass is 399 g/mol. The molecule has 0 aromatic heterocycles. The van der Waals surface area contributed by atoms with E-state index in [1.165, 1.54) is 11.0 Å². The van der Waals surface area contributed by atoms with E-state index in [1.54, 1.807) is 30.1 Å². The van der Waals surface area contributed by atoms with Gasteiger partial charge in [-0.3, -0.25) is 19.3 Å². The number of hydrogen-bond acceptors (Lipinski definition) is 5. The smallest absolute Gasteiger partial charge is 0.254 e. The van der Waals surface area contributed by atoms with Gasteiger partial charge in [0, 0.05) is 44.3 Å². The largest absolute Gasteiger partial charge is 0.350 e. The summed E-state index contributed by atoms with van der Waals surface area (Å²) in [6, 6.07) is 8.43. The van der Waals surface area contributed by atoms with Gasteiger partial charge in [0.05, 0.1) is 24.7 Å². The number of nitrogens with one attached hydrogen (secondary N) is 1. The number of benzene rings is 1. The van der Waals surface area contributed by atoms with E-state index in [0.717, 1.165) is 0 Å². The fourth-order valence-electron chi connectivity index (χ4n) is 3.13. The Morgan fingerprint density at radius 1 is 1.17 bits per heavy atom. The lowest BCUT2D eigenvalue weighted by Gasteiger charge is -2.35. The first-order valence-electron chi connectivity index (χ1n) is 9.66. The maximum absolute atomic E-state index is 12.6. The van der Waals surface area contributed by atoms with E-state index < -0.39 is 0 Å². The van der Waals surface area contributed by atoms with Crippen LogP contribution in [0.3, 0.4) is 0 Å². The van der Waals surface area contributed by atoms with Crippen LogP contribution in [-0.2, 0) is 9.59 Å². The number of nitriles is 1. The summed E-state index contributed by atoms with van der Waals surface area (Å²) in [5.41, 5.74) is 0.523. The third-order valence-electron chi connectivity index (χ3n) is 4.56. The fraction of sp³-hybridized carbons (Fsp3) is 0.524. The summed E-state index contributed by atoms with van der Waals surface area (Å²) in [7, 11) is 1.58. The summed E-state index contributed by atoms with van der Waals surface area (Å²) in [4.78, 5) is 42.2. The van der Waals surface area contributed by atoms with Gasteiger partial charge >= 0.3 is 0 Å². The van der Waals surface area contributed by atoms with Crippen LogP contribution in [0.5, 0.6) is 0 Å². The molecule has 3 amide bonds. The van der Waals surface area contributed by atoms with Crippen LogP contribution in [0.1, 0.15) is 36.7 Å². The van der Waals surface area contributed by atoms with E-state index in [9.17, 15) is 14.4 Å². The van der Waals surface area contributed by atoms with E-state index in [4.69, 9.17) is 5.26 Å². The van der Waals surface area contributed by atoms with Crippen LogP contribution >= 0.6 is 0 Å². The van der Waals surface area contributed by atoms with Crippen LogP contribution in [0.15, 0.2) is 24.3 Å². The molecule has 0 bridgehead atoms. The van der Waals surface area contributed by atoms with Crippen molar-refractivity contribution in [2.45, 2.75) is 26.3 Å². The number of hydrogen-bond donors (Lipinski definition) is 1. The number of likely N-dealkylation sites (N-methyl/N-ethyl adjacent to an activating group) is 1. The molecule has 1 aromatic carbocycles. The lowest BCUT2D eigenvalue weighted by atomic mass is 10.1. The Morgan fingerprint density at radius 3 is 2.41 bits per heavy atom. The molecule has 1 aliphatic heterocycles. The highest BCUT2D eigenvalue weighted by molar-refractivity contribution is 5.96. The van der Waals surface area contributed by atoms with Crippen molar-refractivity contribution in [3.63, 3.8) is 0 Å². The normalized spacial score (nSPS) is 14.8. The first kappa shape index (κ1) is 22.4. The second-order valence-electron chi connectivity index (χ2n) is 8.31. The quantitative estimate of drug-likeness (QED) is 0.786. The zero-order valence-corrected chi connectivity index (χ0v) is 17.6. The van der Waals surface area contributed by atoms with Crippen LogP contribution < -0.4 is 5.32 Å². The van der Waals surface area contributed by atoms with Gasteiger partial charge in [-0.2, -0.15) is 5.26 Å². The number of amides is 3. The molecule has 8 heteroatoms. The first-order chi connectivity index (χ1) is 13.6. The van der Waals surface area contributed by atoms with Gasteiger partial charge in [-0.1, -0.05) is 6.07 Å². The minimum Gasteiger partial charge on any atom is -0.350 e. The molecule has 1 aliphatic rings. The maximum atomic E-state index is 12.6. The average molecular weight is 399 g/mol. The molecular weight excluding hydrogens is 370 g/mol. The van der Waals surface area contributed by atoms with E-state index in [0.29, 0.717) is 43.9 Å². The summed E-state index contributed by atoms with van der Waals surface area (Å²) in [6.07, 6.45) is 0. The molecule has 2 rings (SSSR count). The molecule has 0 saturated carbocycles.